The fourth-order valence-corrected chi connectivity index (χ4v) is 2.08. The van der Waals surface area contributed by atoms with Crippen LogP contribution in [0.4, 0.5) is 10.5 Å². The number of rotatable bonds is 6. The second kappa shape index (κ2) is 7.73. The molecule has 0 saturated carbocycles. The molecule has 0 fully saturated rings. The van der Waals surface area contributed by atoms with E-state index >= 15 is 0 Å². The number of carbonyl (C=O) groups excluding carboxylic acids is 1. The molecule has 8 nitrogen and oxygen atoms in total. The smallest absolute Gasteiger partial charge is 0.330 e. The van der Waals surface area contributed by atoms with Gasteiger partial charge in [0.25, 0.3) is 5.69 Å². The molecule has 0 aliphatic heterocycles. The summed E-state index contributed by atoms with van der Waals surface area (Å²) >= 11 is 0. The lowest BCUT2D eigenvalue weighted by molar-refractivity contribution is -0.384. The van der Waals surface area contributed by atoms with E-state index in [1.807, 2.05) is 0 Å². The molecule has 3 N–H and O–H groups in total. The largest absolute Gasteiger partial charge is 0.479 e. The molecule has 2 amide bonds. The van der Waals surface area contributed by atoms with Gasteiger partial charge in [0, 0.05) is 18.7 Å². The minimum Gasteiger partial charge on any atom is -0.479 e. The first kappa shape index (κ1) is 16.9. The highest BCUT2D eigenvalue weighted by Crippen LogP contribution is 2.14. The number of carboxylic acids is 1. The lowest BCUT2D eigenvalue weighted by atomic mass is 10.1. The second-order valence-electron chi connectivity index (χ2n) is 4.94. The molecule has 0 saturated heterocycles. The van der Waals surface area contributed by atoms with Gasteiger partial charge in [0.2, 0.25) is 0 Å². The number of urea groups is 1. The van der Waals surface area contributed by atoms with Crippen molar-refractivity contribution in [2.75, 3.05) is 0 Å². The van der Waals surface area contributed by atoms with Crippen LogP contribution in [-0.2, 0) is 11.3 Å². The third-order valence-electron chi connectivity index (χ3n) is 3.23. The van der Waals surface area contributed by atoms with E-state index in [2.05, 4.69) is 10.6 Å². The van der Waals surface area contributed by atoms with E-state index in [1.165, 1.54) is 18.2 Å². The van der Waals surface area contributed by atoms with Crippen molar-refractivity contribution in [2.45, 2.75) is 12.6 Å². The Bertz CT molecular complexity index is 748. The summed E-state index contributed by atoms with van der Waals surface area (Å²) in [6.07, 6.45) is 0. The number of benzene rings is 2. The highest BCUT2D eigenvalue weighted by atomic mass is 16.6. The summed E-state index contributed by atoms with van der Waals surface area (Å²) in [6, 6.07) is 12.2. The SMILES string of the molecule is O=C(NCc1cccc([N+](=O)[O-])c1)N[C@H](C(=O)O)c1ccccc1. The number of non-ortho nitro benzene ring substituents is 1. The minimum absolute atomic E-state index is 0.0364. The lowest BCUT2D eigenvalue weighted by Gasteiger charge is -2.15. The van der Waals surface area contributed by atoms with Crippen molar-refractivity contribution >= 4 is 17.7 Å². The first-order valence-corrected chi connectivity index (χ1v) is 7.03. The molecule has 0 bridgehead atoms. The molecule has 24 heavy (non-hydrogen) atoms. The topological polar surface area (TPSA) is 122 Å². The summed E-state index contributed by atoms with van der Waals surface area (Å²) in [6.45, 7) is 0.0364. The van der Waals surface area contributed by atoms with Crippen LogP contribution >= 0.6 is 0 Å². The van der Waals surface area contributed by atoms with Crippen LogP contribution in [0.15, 0.2) is 54.6 Å². The number of amides is 2. The highest BCUT2D eigenvalue weighted by molar-refractivity contribution is 5.83. The van der Waals surface area contributed by atoms with Crippen LogP contribution in [0, 0.1) is 10.1 Å². The maximum absolute atomic E-state index is 11.9. The molecular formula is C16H15N3O5. The molecule has 2 aromatic carbocycles. The van der Waals surface area contributed by atoms with Gasteiger partial charge in [-0.1, -0.05) is 42.5 Å². The first-order chi connectivity index (χ1) is 11.5. The van der Waals surface area contributed by atoms with Gasteiger partial charge >= 0.3 is 12.0 Å². The number of nitro benzene ring substituents is 1. The van der Waals surface area contributed by atoms with Gasteiger partial charge in [-0.05, 0) is 11.1 Å². The van der Waals surface area contributed by atoms with E-state index in [9.17, 15) is 24.8 Å². The Morgan fingerprint density at radius 3 is 2.46 bits per heavy atom. The van der Waals surface area contributed by atoms with E-state index < -0.39 is 23.0 Å². The van der Waals surface area contributed by atoms with Crippen LogP contribution in [0.5, 0.6) is 0 Å². The molecule has 0 radical (unpaired) electrons. The van der Waals surface area contributed by atoms with Gasteiger partial charge in [0.1, 0.15) is 0 Å². The summed E-state index contributed by atoms with van der Waals surface area (Å²) in [4.78, 5) is 33.4. The normalized spacial score (nSPS) is 11.3. The van der Waals surface area contributed by atoms with Crippen LogP contribution in [0.2, 0.25) is 0 Å². The standard InChI is InChI=1S/C16H15N3O5/c20-15(21)14(12-6-2-1-3-7-12)18-16(22)17-10-11-5-4-8-13(9-11)19(23)24/h1-9,14H,10H2,(H,20,21)(H2,17,18,22)/t14-/m0/s1. The Morgan fingerprint density at radius 1 is 1.12 bits per heavy atom. The lowest BCUT2D eigenvalue weighted by Crippen LogP contribution is -2.40. The fourth-order valence-electron chi connectivity index (χ4n) is 2.08. The van der Waals surface area contributed by atoms with E-state index in [0.717, 1.165) is 0 Å². The average molecular weight is 329 g/mol. The maximum atomic E-state index is 11.9. The van der Waals surface area contributed by atoms with Gasteiger partial charge < -0.3 is 15.7 Å². The highest BCUT2D eigenvalue weighted by Gasteiger charge is 2.21. The molecule has 124 valence electrons. The second-order valence-corrected chi connectivity index (χ2v) is 4.94. The molecule has 8 heteroatoms. The summed E-state index contributed by atoms with van der Waals surface area (Å²) < 4.78 is 0. The van der Waals surface area contributed by atoms with Crippen molar-refractivity contribution in [3.8, 4) is 0 Å². The van der Waals surface area contributed by atoms with Gasteiger partial charge in [-0.25, -0.2) is 9.59 Å². The Kier molecular flexibility index (Phi) is 5.45. The van der Waals surface area contributed by atoms with Gasteiger partial charge in [-0.15, -0.1) is 0 Å². The summed E-state index contributed by atoms with van der Waals surface area (Å²) in [5, 5.41) is 24.8. The third kappa shape index (κ3) is 4.54. The predicted molar refractivity (Wildman–Crippen MR) is 85.3 cm³/mol. The zero-order chi connectivity index (χ0) is 17.5. The van der Waals surface area contributed by atoms with E-state index in [4.69, 9.17) is 0 Å². The van der Waals surface area contributed by atoms with Gasteiger partial charge in [0.15, 0.2) is 6.04 Å². The van der Waals surface area contributed by atoms with Gasteiger partial charge in [-0.2, -0.15) is 0 Å². The number of nitrogens with zero attached hydrogens (tertiary/aromatic N) is 1. The van der Waals surface area contributed by atoms with Gasteiger partial charge in [-0.3, -0.25) is 10.1 Å². The molecule has 0 aliphatic carbocycles. The van der Waals surface area contributed by atoms with Crippen molar-refractivity contribution in [3.63, 3.8) is 0 Å². The van der Waals surface area contributed by atoms with Crippen molar-refractivity contribution in [2.24, 2.45) is 0 Å². The molecule has 0 aliphatic rings. The van der Waals surface area contributed by atoms with E-state index in [-0.39, 0.29) is 12.2 Å². The van der Waals surface area contributed by atoms with Crippen molar-refractivity contribution in [1.82, 2.24) is 10.6 Å². The Morgan fingerprint density at radius 2 is 1.83 bits per heavy atom. The quantitative estimate of drug-likeness (QED) is 0.554. The van der Waals surface area contributed by atoms with E-state index in [1.54, 1.807) is 36.4 Å². The number of nitro groups is 1. The number of hydrogen-bond acceptors (Lipinski definition) is 4. The Hall–Kier alpha value is -3.42. The molecule has 0 heterocycles. The molecule has 0 spiro atoms. The average Bonchev–Trinajstić information content (AvgIpc) is 2.58. The molecular weight excluding hydrogens is 314 g/mol. The zero-order valence-electron chi connectivity index (χ0n) is 12.5. The van der Waals surface area contributed by atoms with Crippen LogP contribution in [-0.4, -0.2) is 22.0 Å². The molecule has 2 rings (SSSR count). The Labute approximate surface area is 137 Å². The van der Waals surface area contributed by atoms with Crippen molar-refractivity contribution in [1.29, 1.82) is 0 Å². The summed E-state index contributed by atoms with van der Waals surface area (Å²) in [5.74, 6) is -1.19. The van der Waals surface area contributed by atoms with Gasteiger partial charge in [0.05, 0.1) is 4.92 Å². The summed E-state index contributed by atoms with van der Waals surface area (Å²) in [7, 11) is 0. The number of carboxylic acid groups (broad SMARTS) is 1. The maximum Gasteiger partial charge on any atom is 0.330 e. The zero-order valence-corrected chi connectivity index (χ0v) is 12.5. The fraction of sp³-hybridized carbons (Fsp3) is 0.125. The molecule has 0 aromatic heterocycles. The van der Waals surface area contributed by atoms with Crippen molar-refractivity contribution in [3.05, 3.63) is 75.8 Å². The predicted octanol–water partition coefficient (Wildman–Crippen LogP) is 2.22. The Balaban J connectivity index is 1.98. The minimum atomic E-state index is -1.19. The molecule has 1 atom stereocenters. The van der Waals surface area contributed by atoms with Crippen molar-refractivity contribution < 1.29 is 19.6 Å². The number of nitrogens with one attached hydrogen (secondary N) is 2. The van der Waals surface area contributed by atoms with Crippen LogP contribution in [0.1, 0.15) is 17.2 Å². The molecule has 2 aromatic rings. The monoisotopic (exact) mass is 329 g/mol. The molecule has 0 unspecified atom stereocenters. The summed E-state index contributed by atoms with van der Waals surface area (Å²) in [5.41, 5.74) is 0.892. The van der Waals surface area contributed by atoms with Crippen LogP contribution in [0.25, 0.3) is 0 Å². The third-order valence-corrected chi connectivity index (χ3v) is 3.23. The first-order valence-electron chi connectivity index (χ1n) is 7.03. The van der Waals surface area contributed by atoms with Crippen LogP contribution < -0.4 is 10.6 Å². The number of hydrogen-bond donors (Lipinski definition) is 3. The number of carbonyl (C=O) groups is 2. The van der Waals surface area contributed by atoms with Crippen LogP contribution in [0.3, 0.4) is 0 Å². The number of aliphatic carboxylic acids is 1. The van der Waals surface area contributed by atoms with E-state index in [0.29, 0.717) is 11.1 Å².